The molecule has 2 atom stereocenters. The van der Waals surface area contributed by atoms with Crippen molar-refractivity contribution in [2.75, 3.05) is 40.5 Å². The van der Waals surface area contributed by atoms with Crippen molar-refractivity contribution in [3.8, 4) is 11.5 Å². The van der Waals surface area contributed by atoms with Crippen molar-refractivity contribution in [3.05, 3.63) is 23.8 Å². The molecule has 1 aliphatic heterocycles. The molecule has 2 N–H and O–H groups in total. The zero-order valence-corrected chi connectivity index (χ0v) is 21.7. The minimum atomic E-state index is -0.562. The predicted molar refractivity (Wildman–Crippen MR) is 133 cm³/mol. The smallest absolute Gasteiger partial charge is 0.407 e. The highest BCUT2D eigenvalue weighted by Crippen LogP contribution is 2.32. The summed E-state index contributed by atoms with van der Waals surface area (Å²) in [5.41, 5.74) is 0.409. The highest BCUT2D eigenvalue weighted by molar-refractivity contribution is 5.80. The number of carbonyl (C=O) groups excluding carboxylic acids is 2. The fourth-order valence-corrected chi connectivity index (χ4v) is 4.24. The van der Waals surface area contributed by atoms with Crippen LogP contribution in [-0.4, -0.2) is 75.1 Å². The molecule has 2 fully saturated rings. The third-order valence-electron chi connectivity index (χ3n) is 5.98. The Morgan fingerprint density at radius 3 is 2.49 bits per heavy atom. The molecule has 2 aliphatic rings. The van der Waals surface area contributed by atoms with Crippen LogP contribution >= 0.6 is 0 Å². The van der Waals surface area contributed by atoms with Crippen LogP contribution in [0.1, 0.15) is 52.0 Å². The lowest BCUT2D eigenvalue weighted by molar-refractivity contribution is -0.137. The Kier molecular flexibility index (Phi) is 9.63. The van der Waals surface area contributed by atoms with E-state index in [1.807, 2.05) is 43.9 Å². The van der Waals surface area contributed by atoms with E-state index in [1.165, 1.54) is 0 Å². The van der Waals surface area contributed by atoms with Gasteiger partial charge in [0, 0.05) is 57.9 Å². The Labute approximate surface area is 208 Å². The molecule has 1 aromatic rings. The summed E-state index contributed by atoms with van der Waals surface area (Å²) in [7, 11) is 3.30. The second-order valence-corrected chi connectivity index (χ2v) is 10.3. The van der Waals surface area contributed by atoms with Gasteiger partial charge in [0.25, 0.3) is 0 Å². The van der Waals surface area contributed by atoms with Gasteiger partial charge in [-0.25, -0.2) is 4.79 Å². The molecular formula is C26H41N3O6. The van der Waals surface area contributed by atoms with Crippen molar-refractivity contribution < 1.29 is 28.5 Å². The summed E-state index contributed by atoms with van der Waals surface area (Å²) in [5.74, 6) is 1.33. The third kappa shape index (κ3) is 8.89. The molecule has 9 nitrogen and oxygen atoms in total. The molecule has 0 aromatic heterocycles. The van der Waals surface area contributed by atoms with E-state index >= 15 is 0 Å². The van der Waals surface area contributed by atoms with E-state index in [-0.39, 0.29) is 23.9 Å². The number of rotatable bonds is 11. The topological polar surface area (TPSA) is 98.4 Å². The van der Waals surface area contributed by atoms with Crippen LogP contribution in [0.25, 0.3) is 0 Å². The predicted octanol–water partition coefficient (Wildman–Crippen LogP) is 3.10. The molecule has 35 heavy (non-hydrogen) atoms. The Hall–Kier alpha value is -2.52. The number of hydrogen-bond acceptors (Lipinski definition) is 7. The van der Waals surface area contributed by atoms with Gasteiger partial charge in [0.15, 0.2) is 0 Å². The average Bonchev–Trinajstić information content (AvgIpc) is 3.64. The van der Waals surface area contributed by atoms with Gasteiger partial charge in [-0.1, -0.05) is 0 Å². The number of piperidine rings is 1. The number of ether oxygens (including phenoxy) is 4. The van der Waals surface area contributed by atoms with Crippen molar-refractivity contribution in [2.24, 2.45) is 5.92 Å². The second kappa shape index (κ2) is 12.4. The first-order chi connectivity index (χ1) is 16.7. The monoisotopic (exact) mass is 491 g/mol. The van der Waals surface area contributed by atoms with Crippen LogP contribution in [0, 0.1) is 5.92 Å². The first-order valence-electron chi connectivity index (χ1n) is 12.5. The number of hydrogen-bond donors (Lipinski definition) is 2. The Morgan fingerprint density at radius 1 is 1.09 bits per heavy atom. The summed E-state index contributed by atoms with van der Waals surface area (Å²) >= 11 is 0. The molecule has 0 unspecified atom stereocenters. The fraction of sp³-hybridized carbons (Fsp3) is 0.692. The van der Waals surface area contributed by atoms with Crippen molar-refractivity contribution >= 4 is 12.0 Å². The Bertz CT molecular complexity index is 852. The molecule has 1 aliphatic carbocycles. The van der Waals surface area contributed by atoms with Gasteiger partial charge in [0.2, 0.25) is 5.91 Å². The van der Waals surface area contributed by atoms with Gasteiger partial charge in [-0.15, -0.1) is 0 Å². The van der Waals surface area contributed by atoms with Gasteiger partial charge in [0.05, 0.1) is 19.6 Å². The summed E-state index contributed by atoms with van der Waals surface area (Å²) in [6.07, 6.45) is 2.94. The average molecular weight is 492 g/mol. The van der Waals surface area contributed by atoms with Crippen LogP contribution in [0.4, 0.5) is 4.79 Å². The number of benzene rings is 1. The number of amides is 2. The van der Waals surface area contributed by atoms with E-state index in [4.69, 9.17) is 18.9 Å². The first-order valence-corrected chi connectivity index (χ1v) is 12.5. The van der Waals surface area contributed by atoms with Crippen LogP contribution in [0.5, 0.6) is 11.5 Å². The number of nitrogens with one attached hydrogen (secondary N) is 2. The molecule has 1 heterocycles. The SMILES string of the molecule is COCCCOc1cc(CN(C(=O)[C@@H]2CNC[C@H](NC(=O)OC(C)(C)C)C2)C2CC2)cc(OC)c1. The van der Waals surface area contributed by atoms with Gasteiger partial charge in [-0.3, -0.25) is 4.79 Å². The number of alkyl carbamates (subject to hydrolysis) is 1. The minimum absolute atomic E-state index is 0.112. The fourth-order valence-electron chi connectivity index (χ4n) is 4.24. The number of carbonyl (C=O) groups is 2. The summed E-state index contributed by atoms with van der Waals surface area (Å²) in [6, 6.07) is 5.88. The van der Waals surface area contributed by atoms with E-state index in [0.29, 0.717) is 45.0 Å². The maximum absolute atomic E-state index is 13.6. The molecule has 0 bridgehead atoms. The standard InChI is InChI=1S/C26H41N3O6/c1-26(2,3)35-25(31)28-20-13-19(15-27-16-20)24(30)29(21-7-8-21)17-18-11-22(33-5)14-23(12-18)34-10-6-9-32-4/h11-12,14,19-21,27H,6-10,13,15-17H2,1-5H3,(H,28,31)/t19-,20+/m0/s1. The molecule has 1 saturated carbocycles. The van der Waals surface area contributed by atoms with Crippen LogP contribution in [0.15, 0.2) is 18.2 Å². The van der Waals surface area contributed by atoms with E-state index in [0.717, 1.165) is 30.6 Å². The van der Waals surface area contributed by atoms with Gasteiger partial charge in [-0.05, 0) is 57.7 Å². The highest BCUT2D eigenvalue weighted by Gasteiger charge is 2.38. The quantitative estimate of drug-likeness (QED) is 0.459. The van der Waals surface area contributed by atoms with Crippen LogP contribution in [0.2, 0.25) is 0 Å². The molecule has 9 heteroatoms. The Morgan fingerprint density at radius 2 is 1.83 bits per heavy atom. The molecule has 2 amide bonds. The van der Waals surface area contributed by atoms with Crippen molar-refractivity contribution in [2.45, 2.75) is 70.7 Å². The maximum Gasteiger partial charge on any atom is 0.407 e. The van der Waals surface area contributed by atoms with Crippen LogP contribution in [-0.2, 0) is 20.8 Å². The summed E-state index contributed by atoms with van der Waals surface area (Å²) in [4.78, 5) is 27.8. The normalized spacial score (nSPS) is 20.1. The lowest BCUT2D eigenvalue weighted by Crippen LogP contribution is -2.53. The maximum atomic E-state index is 13.6. The molecule has 0 spiro atoms. The van der Waals surface area contributed by atoms with Crippen LogP contribution < -0.4 is 20.1 Å². The molecule has 1 saturated heterocycles. The molecule has 0 radical (unpaired) electrons. The van der Waals surface area contributed by atoms with Crippen molar-refractivity contribution in [1.29, 1.82) is 0 Å². The minimum Gasteiger partial charge on any atom is -0.497 e. The van der Waals surface area contributed by atoms with E-state index in [2.05, 4.69) is 10.6 Å². The lowest BCUT2D eigenvalue weighted by atomic mass is 9.94. The van der Waals surface area contributed by atoms with E-state index < -0.39 is 11.7 Å². The summed E-state index contributed by atoms with van der Waals surface area (Å²) in [5, 5.41) is 6.21. The van der Waals surface area contributed by atoms with Crippen molar-refractivity contribution in [3.63, 3.8) is 0 Å². The molecular weight excluding hydrogens is 450 g/mol. The summed E-state index contributed by atoms with van der Waals surface area (Å²) < 4.78 is 21.8. The number of methoxy groups -OCH3 is 2. The van der Waals surface area contributed by atoms with E-state index in [1.54, 1.807) is 14.2 Å². The van der Waals surface area contributed by atoms with E-state index in [9.17, 15) is 9.59 Å². The highest BCUT2D eigenvalue weighted by atomic mass is 16.6. The zero-order chi connectivity index (χ0) is 25.4. The largest absolute Gasteiger partial charge is 0.497 e. The molecule has 3 rings (SSSR count). The van der Waals surface area contributed by atoms with Crippen molar-refractivity contribution in [1.82, 2.24) is 15.5 Å². The van der Waals surface area contributed by atoms with Gasteiger partial charge >= 0.3 is 6.09 Å². The first kappa shape index (κ1) is 27.1. The lowest BCUT2D eigenvalue weighted by Gasteiger charge is -2.34. The van der Waals surface area contributed by atoms with Crippen LogP contribution in [0.3, 0.4) is 0 Å². The van der Waals surface area contributed by atoms with Gasteiger partial charge < -0.3 is 34.5 Å². The Balaban J connectivity index is 1.64. The third-order valence-corrected chi connectivity index (χ3v) is 5.98. The number of nitrogens with zero attached hydrogens (tertiary/aromatic N) is 1. The zero-order valence-electron chi connectivity index (χ0n) is 21.7. The van der Waals surface area contributed by atoms with Gasteiger partial charge in [-0.2, -0.15) is 0 Å². The molecule has 1 aromatic carbocycles. The summed E-state index contributed by atoms with van der Waals surface area (Å²) in [6.45, 7) is 8.40. The second-order valence-electron chi connectivity index (χ2n) is 10.3. The van der Waals surface area contributed by atoms with Gasteiger partial charge in [0.1, 0.15) is 17.1 Å². The molecule has 196 valence electrons.